The fourth-order valence-electron chi connectivity index (χ4n) is 0.365. The Morgan fingerprint density at radius 1 is 1.67 bits per heavy atom. The maximum Gasteiger partial charge on any atom is 0.325 e. The highest BCUT2D eigenvalue weighted by Crippen LogP contribution is 1.74. The van der Waals surface area contributed by atoms with Gasteiger partial charge in [-0.3, -0.25) is 9.77 Å². The van der Waals surface area contributed by atoms with Crippen LogP contribution in [0.15, 0.2) is 15.8 Å². The molecule has 1 heterocycles. The Morgan fingerprint density at radius 3 is 2.89 bits per heavy atom. The third-order valence-electron chi connectivity index (χ3n) is 0.730. The van der Waals surface area contributed by atoms with E-state index in [0.717, 1.165) is 0 Å². The molecule has 0 amide bonds. The smallest absolute Gasteiger partial charge is 0.311 e. The van der Waals surface area contributed by atoms with Crippen LogP contribution in [-0.2, 0) is 0 Å². The van der Waals surface area contributed by atoms with Gasteiger partial charge in [-0.1, -0.05) is 0 Å². The van der Waals surface area contributed by atoms with E-state index < -0.39 is 17.1 Å². The van der Waals surface area contributed by atoms with E-state index in [2.05, 4.69) is 0 Å². The molecule has 48 valence electrons. The van der Waals surface area contributed by atoms with Crippen molar-refractivity contribution < 1.29 is 5.80 Å². The first-order valence-corrected chi connectivity index (χ1v) is 2.12. The van der Waals surface area contributed by atoms with Crippen molar-refractivity contribution in [2.24, 2.45) is 0 Å². The lowest BCUT2D eigenvalue weighted by Crippen LogP contribution is -2.23. The summed E-state index contributed by atoms with van der Waals surface area (Å²) in [6.07, 6.45) is 0.621. The highest BCUT2D eigenvalue weighted by Gasteiger charge is 1.93. The minimum Gasteiger partial charge on any atom is -0.311 e. The lowest BCUT2D eigenvalue weighted by atomic mass is 10.6. The summed E-state index contributed by atoms with van der Waals surface area (Å²) < 4.78 is 18.7. The van der Waals surface area contributed by atoms with E-state index in [4.69, 9.17) is 1.41 Å². The monoisotopic (exact) mass is 131 g/mol. The molecule has 5 heteroatoms. The van der Waals surface area contributed by atoms with Gasteiger partial charge in [-0.25, -0.2) is 4.79 Å². The van der Waals surface area contributed by atoms with Gasteiger partial charge in [-0.2, -0.15) is 4.39 Å². The Labute approximate surface area is 49.8 Å². The van der Waals surface area contributed by atoms with E-state index in [9.17, 15) is 14.0 Å². The second-order valence-electron chi connectivity index (χ2n) is 1.36. The maximum absolute atomic E-state index is 12.1. The summed E-state index contributed by atoms with van der Waals surface area (Å²) in [5, 5.41) is 0. The minimum absolute atomic E-state index is 0.0880. The molecule has 9 heavy (non-hydrogen) atoms. The van der Waals surface area contributed by atoms with Gasteiger partial charge < -0.3 is 4.98 Å². The number of hydrogen-bond donors (Lipinski definition) is 2. The van der Waals surface area contributed by atoms with E-state index in [1.807, 2.05) is 4.98 Å². The molecule has 1 rings (SSSR count). The van der Waals surface area contributed by atoms with Crippen molar-refractivity contribution >= 4 is 0 Å². The Kier molecular flexibility index (Phi) is 0.921. The van der Waals surface area contributed by atoms with Gasteiger partial charge in [-0.05, 0) is 0 Å². The first kappa shape index (κ1) is 4.49. The van der Waals surface area contributed by atoms with Crippen LogP contribution >= 0.6 is 0 Å². The Hall–Kier alpha value is -1.39. The minimum atomic E-state index is -1.25. The highest BCUT2D eigenvalue weighted by molar-refractivity contribution is 4.83. The van der Waals surface area contributed by atoms with Gasteiger partial charge in [0.2, 0.25) is 5.82 Å². The molecule has 0 aromatic carbocycles. The van der Waals surface area contributed by atoms with Crippen LogP contribution in [-0.4, -0.2) is 9.96 Å². The van der Waals surface area contributed by atoms with Gasteiger partial charge in [0.15, 0.2) is 1.41 Å². The van der Waals surface area contributed by atoms with E-state index in [0.29, 0.717) is 6.20 Å². The zero-order valence-corrected chi connectivity index (χ0v) is 4.22. The molecule has 0 aliphatic rings. The van der Waals surface area contributed by atoms with E-state index in [-0.39, 0.29) is 4.98 Å². The van der Waals surface area contributed by atoms with Crippen molar-refractivity contribution in [2.45, 2.75) is 0 Å². The van der Waals surface area contributed by atoms with Crippen LogP contribution in [0.4, 0.5) is 4.39 Å². The standard InChI is InChI=1S/C4H3FN2O2/c5-2-1-6-4(9)7-3(2)8/h1H,(H2,6,7,8,9)/i/hD. The molecule has 0 unspecified atom stereocenters. The van der Waals surface area contributed by atoms with Crippen molar-refractivity contribution in [2.75, 3.05) is 0 Å². The second kappa shape index (κ2) is 1.85. The molecule has 0 spiro atoms. The number of rotatable bonds is 0. The molecule has 4 nitrogen and oxygen atoms in total. The van der Waals surface area contributed by atoms with E-state index in [1.54, 1.807) is 0 Å². The van der Waals surface area contributed by atoms with Crippen LogP contribution in [0.3, 0.4) is 0 Å². The number of nitrogens with one attached hydrogen (secondary N) is 2. The molecule has 1 aromatic heterocycles. The molecule has 1 aromatic rings. The van der Waals surface area contributed by atoms with Crippen LogP contribution in [0.25, 0.3) is 0 Å². The maximum atomic E-state index is 12.1. The highest BCUT2D eigenvalue weighted by atomic mass is 19.1. The molecule has 0 radical (unpaired) electrons. The van der Waals surface area contributed by atoms with Crippen LogP contribution in [0.1, 0.15) is 0 Å². The van der Waals surface area contributed by atoms with Gasteiger partial charge in [0.1, 0.15) is 0 Å². The normalized spacial score (nSPS) is 11.0. The second-order valence-corrected chi connectivity index (χ2v) is 1.36. The van der Waals surface area contributed by atoms with Gasteiger partial charge in [0.25, 0.3) is 5.56 Å². The molecule has 0 aliphatic heterocycles. The quantitative estimate of drug-likeness (QED) is 0.484. The van der Waals surface area contributed by atoms with Crippen LogP contribution in [0.5, 0.6) is 0 Å². The SMILES string of the molecule is [2H]n1c(=O)[nH]cc(F)c1=O. The van der Waals surface area contributed by atoms with E-state index >= 15 is 0 Å². The largest absolute Gasteiger partial charge is 0.325 e. The van der Waals surface area contributed by atoms with Crippen molar-refractivity contribution in [3.8, 4) is 0 Å². The first-order chi connectivity index (χ1) is 4.63. The van der Waals surface area contributed by atoms with Crippen LogP contribution in [0.2, 0.25) is 1.41 Å². The van der Waals surface area contributed by atoms with Crippen LogP contribution < -0.4 is 11.2 Å². The summed E-state index contributed by atoms with van der Waals surface area (Å²) >= 11 is 0. The summed E-state index contributed by atoms with van der Waals surface area (Å²) in [6, 6.07) is 0. The summed E-state index contributed by atoms with van der Waals surface area (Å²) in [5.41, 5.74) is -2.20. The summed E-state index contributed by atoms with van der Waals surface area (Å²) in [5.74, 6) is -1.14. The average Bonchev–Trinajstić information content (AvgIpc) is 1.93. The summed E-state index contributed by atoms with van der Waals surface area (Å²) in [6.45, 7) is 0. The van der Waals surface area contributed by atoms with Gasteiger partial charge >= 0.3 is 5.69 Å². The molecule has 0 atom stereocenters. The topological polar surface area (TPSA) is 65.7 Å². The predicted octanol–water partition coefficient (Wildman–Crippen LogP) is -0.798. The lowest BCUT2D eigenvalue weighted by Gasteiger charge is -1.81. The van der Waals surface area contributed by atoms with Gasteiger partial charge in [0, 0.05) is 6.20 Å². The third kappa shape index (κ3) is 1.04. The van der Waals surface area contributed by atoms with E-state index in [1.165, 1.54) is 0 Å². The Morgan fingerprint density at radius 2 is 2.33 bits per heavy atom. The molecule has 0 aliphatic carbocycles. The molecule has 0 fully saturated rings. The lowest BCUT2D eigenvalue weighted by molar-refractivity contribution is 0.597. The first-order valence-electron chi connectivity index (χ1n) is 2.57. The number of halogens is 1. The molecule has 0 saturated carbocycles. The molecule has 0 saturated heterocycles. The summed E-state index contributed by atoms with van der Waals surface area (Å²) in [4.78, 5) is 22.5. The molecule has 0 bridgehead atoms. The predicted molar refractivity (Wildman–Crippen MR) is 27.6 cm³/mol. The van der Waals surface area contributed by atoms with Crippen molar-refractivity contribution in [3.63, 3.8) is 0 Å². The molecular weight excluding hydrogens is 127 g/mol. The van der Waals surface area contributed by atoms with Crippen molar-refractivity contribution in [1.29, 1.82) is 0 Å². The molecule has 2 N–H and O–H groups in total. The number of H-pyrrole nitrogens is 2. The van der Waals surface area contributed by atoms with Crippen LogP contribution in [0, 0.1) is 5.82 Å². The van der Waals surface area contributed by atoms with Gasteiger partial charge in [0.05, 0.1) is 0 Å². The average molecular weight is 131 g/mol. The zero-order chi connectivity index (χ0) is 7.72. The number of hydrogen-bond acceptors (Lipinski definition) is 2. The fourth-order valence-corrected chi connectivity index (χ4v) is 0.365. The number of aromatic nitrogens is 2. The Bertz CT molecular complexity index is 355. The summed E-state index contributed by atoms with van der Waals surface area (Å²) in [7, 11) is 0. The number of aromatic amines is 2. The van der Waals surface area contributed by atoms with Crippen molar-refractivity contribution in [1.82, 2.24) is 9.96 Å². The zero-order valence-electron chi connectivity index (χ0n) is 5.22. The molecular formula is C4H3FN2O2. The third-order valence-corrected chi connectivity index (χ3v) is 0.730. The fraction of sp³-hybridized carbons (Fsp3) is 0. The van der Waals surface area contributed by atoms with Gasteiger partial charge in [-0.15, -0.1) is 0 Å². The van der Waals surface area contributed by atoms with Crippen molar-refractivity contribution in [3.05, 3.63) is 32.9 Å². The Balaban J connectivity index is 3.66.